The predicted molar refractivity (Wildman–Crippen MR) is 69.4 cm³/mol. The average molecular weight is 264 g/mol. The van der Waals surface area contributed by atoms with Gasteiger partial charge < -0.3 is 10.6 Å². The summed E-state index contributed by atoms with van der Waals surface area (Å²) in [5.74, 6) is -0.263. The number of carbonyl (C=O) groups excluding carboxylic acids is 1. The van der Waals surface area contributed by atoms with Gasteiger partial charge in [0.1, 0.15) is 9.84 Å². The van der Waals surface area contributed by atoms with Crippen molar-refractivity contribution in [2.75, 3.05) is 19.1 Å². The van der Waals surface area contributed by atoms with Gasteiger partial charge in [0.15, 0.2) is 0 Å². The van der Waals surface area contributed by atoms with Crippen molar-refractivity contribution in [2.24, 2.45) is 5.73 Å². The van der Waals surface area contributed by atoms with Crippen LogP contribution in [0.3, 0.4) is 0 Å². The smallest absolute Gasteiger partial charge is 0.239 e. The fourth-order valence-electron chi connectivity index (χ4n) is 1.25. The molecule has 0 bridgehead atoms. The minimum Gasteiger partial charge on any atom is -0.339 e. The molecular formula is C11H24N2O3S. The molecule has 2 N–H and O–H groups in total. The highest BCUT2D eigenvalue weighted by atomic mass is 32.2. The molecule has 0 saturated carbocycles. The second-order valence-electron chi connectivity index (χ2n) is 5.09. The molecule has 0 spiro atoms. The molecule has 6 heteroatoms. The second-order valence-corrected chi connectivity index (χ2v) is 7.35. The minimum absolute atomic E-state index is 0.0553. The molecule has 1 atom stereocenters. The van der Waals surface area contributed by atoms with Crippen LogP contribution in [0, 0.1) is 0 Å². The normalized spacial score (nSPS) is 14.5. The first kappa shape index (κ1) is 16.4. The molecule has 0 aliphatic carbocycles. The first-order valence-electron chi connectivity index (χ1n) is 5.72. The fourth-order valence-corrected chi connectivity index (χ4v) is 1.93. The monoisotopic (exact) mass is 264 g/mol. The van der Waals surface area contributed by atoms with E-state index >= 15 is 0 Å². The zero-order valence-electron chi connectivity index (χ0n) is 11.4. The summed E-state index contributed by atoms with van der Waals surface area (Å²) in [6.07, 6.45) is 2.12. The molecule has 102 valence electrons. The number of nitrogens with two attached hydrogens (primary N) is 1. The molecule has 0 aromatic rings. The summed E-state index contributed by atoms with van der Waals surface area (Å²) >= 11 is 0. The third-order valence-corrected chi connectivity index (χ3v) is 4.20. The highest BCUT2D eigenvalue weighted by molar-refractivity contribution is 7.90. The molecule has 0 fully saturated rings. The lowest BCUT2D eigenvalue weighted by Gasteiger charge is -2.36. The lowest BCUT2D eigenvalue weighted by molar-refractivity contribution is -0.136. The standard InChI is InChI=1S/C11H24N2O3S/c1-6-11(2,3)13(4)10(14)9(12)7-8-17(5,15)16/h9H,6-8,12H2,1-5H3. The first-order chi connectivity index (χ1) is 7.51. The van der Waals surface area contributed by atoms with E-state index < -0.39 is 15.9 Å². The summed E-state index contributed by atoms with van der Waals surface area (Å²) in [6, 6.07) is -0.749. The van der Waals surface area contributed by atoms with Crippen LogP contribution in [0.15, 0.2) is 0 Å². The van der Waals surface area contributed by atoms with Gasteiger partial charge in [-0.1, -0.05) is 6.92 Å². The van der Waals surface area contributed by atoms with Crippen molar-refractivity contribution in [3.05, 3.63) is 0 Å². The number of amides is 1. The number of hydrogen-bond acceptors (Lipinski definition) is 4. The minimum atomic E-state index is -3.07. The van der Waals surface area contributed by atoms with E-state index in [1.54, 1.807) is 11.9 Å². The van der Waals surface area contributed by atoms with Crippen LogP contribution in [0.1, 0.15) is 33.6 Å². The quantitative estimate of drug-likeness (QED) is 0.753. The molecule has 0 rings (SSSR count). The molecule has 0 saturated heterocycles. The molecule has 0 heterocycles. The summed E-state index contributed by atoms with van der Waals surface area (Å²) in [4.78, 5) is 13.6. The Labute approximate surface area is 104 Å². The van der Waals surface area contributed by atoms with E-state index in [2.05, 4.69) is 0 Å². The summed E-state index contributed by atoms with van der Waals surface area (Å²) < 4.78 is 22.0. The number of hydrogen-bond donors (Lipinski definition) is 1. The topological polar surface area (TPSA) is 80.5 Å². The lowest BCUT2D eigenvalue weighted by Crippen LogP contribution is -2.51. The van der Waals surface area contributed by atoms with Gasteiger partial charge in [-0.3, -0.25) is 4.79 Å². The Kier molecular flexibility index (Phi) is 5.61. The zero-order valence-corrected chi connectivity index (χ0v) is 12.2. The van der Waals surface area contributed by atoms with Gasteiger partial charge in [0.25, 0.3) is 0 Å². The summed E-state index contributed by atoms with van der Waals surface area (Å²) in [5, 5.41) is 0. The molecule has 1 unspecified atom stereocenters. The van der Waals surface area contributed by atoms with Crippen LogP contribution in [0.2, 0.25) is 0 Å². The SMILES string of the molecule is CCC(C)(C)N(C)C(=O)C(N)CCS(C)(=O)=O. The lowest BCUT2D eigenvalue weighted by atomic mass is 9.99. The van der Waals surface area contributed by atoms with Crippen molar-refractivity contribution in [3.8, 4) is 0 Å². The van der Waals surface area contributed by atoms with Crippen molar-refractivity contribution in [3.63, 3.8) is 0 Å². The molecule has 17 heavy (non-hydrogen) atoms. The predicted octanol–water partition coefficient (Wildman–Crippen LogP) is 0.395. The summed E-state index contributed by atoms with van der Waals surface area (Å²) in [5.41, 5.74) is 5.46. The van der Waals surface area contributed by atoms with Gasteiger partial charge in [-0.25, -0.2) is 8.42 Å². The van der Waals surface area contributed by atoms with Crippen LogP contribution in [0.25, 0.3) is 0 Å². The Balaban J connectivity index is 4.51. The zero-order chi connectivity index (χ0) is 13.9. The Morgan fingerprint density at radius 2 is 1.88 bits per heavy atom. The summed E-state index contributed by atoms with van der Waals surface area (Å²) in [6.45, 7) is 5.90. The van der Waals surface area contributed by atoms with E-state index in [9.17, 15) is 13.2 Å². The number of nitrogens with zero attached hydrogens (tertiary/aromatic N) is 1. The van der Waals surface area contributed by atoms with Gasteiger partial charge in [-0.15, -0.1) is 0 Å². The maximum Gasteiger partial charge on any atom is 0.239 e. The van der Waals surface area contributed by atoms with Gasteiger partial charge in [0.2, 0.25) is 5.91 Å². The largest absolute Gasteiger partial charge is 0.339 e. The van der Waals surface area contributed by atoms with Gasteiger partial charge in [0.05, 0.1) is 11.8 Å². The van der Waals surface area contributed by atoms with E-state index in [-0.39, 0.29) is 23.6 Å². The van der Waals surface area contributed by atoms with E-state index in [0.717, 1.165) is 12.7 Å². The van der Waals surface area contributed by atoms with Gasteiger partial charge in [-0.05, 0) is 26.7 Å². The Hall–Kier alpha value is -0.620. The van der Waals surface area contributed by atoms with Crippen LogP contribution in [0.5, 0.6) is 0 Å². The Morgan fingerprint density at radius 3 is 2.24 bits per heavy atom. The molecular weight excluding hydrogens is 240 g/mol. The summed E-state index contributed by atoms with van der Waals surface area (Å²) in [7, 11) is -1.37. The maximum atomic E-state index is 12.0. The van der Waals surface area contributed by atoms with Crippen LogP contribution >= 0.6 is 0 Å². The first-order valence-corrected chi connectivity index (χ1v) is 7.78. The Bertz CT molecular complexity index is 363. The van der Waals surface area contributed by atoms with E-state index in [4.69, 9.17) is 5.73 Å². The van der Waals surface area contributed by atoms with Crippen molar-refractivity contribution in [1.29, 1.82) is 0 Å². The van der Waals surface area contributed by atoms with Crippen molar-refractivity contribution in [2.45, 2.75) is 45.2 Å². The molecule has 0 radical (unpaired) electrons. The Morgan fingerprint density at radius 1 is 1.41 bits per heavy atom. The van der Waals surface area contributed by atoms with Crippen molar-refractivity contribution < 1.29 is 13.2 Å². The van der Waals surface area contributed by atoms with E-state index in [1.165, 1.54) is 0 Å². The van der Waals surface area contributed by atoms with Crippen molar-refractivity contribution >= 4 is 15.7 Å². The molecule has 5 nitrogen and oxygen atoms in total. The molecule has 0 aliphatic heterocycles. The van der Waals surface area contributed by atoms with Gasteiger partial charge in [-0.2, -0.15) is 0 Å². The van der Waals surface area contributed by atoms with Crippen molar-refractivity contribution in [1.82, 2.24) is 4.90 Å². The average Bonchev–Trinajstić information content (AvgIpc) is 2.22. The molecule has 0 aliphatic rings. The molecule has 1 amide bonds. The van der Waals surface area contributed by atoms with Gasteiger partial charge in [0, 0.05) is 18.8 Å². The molecule has 0 aromatic carbocycles. The van der Waals surface area contributed by atoms with Crippen LogP contribution < -0.4 is 5.73 Å². The number of carbonyl (C=O) groups is 1. The van der Waals surface area contributed by atoms with E-state index in [1.807, 2.05) is 20.8 Å². The third kappa shape index (κ3) is 5.50. The third-order valence-electron chi connectivity index (χ3n) is 3.22. The highest BCUT2D eigenvalue weighted by Crippen LogP contribution is 2.17. The van der Waals surface area contributed by atoms with E-state index in [0.29, 0.717) is 0 Å². The van der Waals surface area contributed by atoms with Crippen LogP contribution in [-0.2, 0) is 14.6 Å². The number of sulfone groups is 1. The highest BCUT2D eigenvalue weighted by Gasteiger charge is 2.29. The number of likely N-dealkylation sites (N-methyl/N-ethyl adjacent to an activating group) is 1. The number of rotatable bonds is 6. The van der Waals surface area contributed by atoms with Gasteiger partial charge >= 0.3 is 0 Å². The molecule has 0 aromatic heterocycles. The van der Waals surface area contributed by atoms with Crippen LogP contribution in [0.4, 0.5) is 0 Å². The van der Waals surface area contributed by atoms with Crippen LogP contribution in [-0.4, -0.2) is 49.9 Å². The fraction of sp³-hybridized carbons (Fsp3) is 0.909. The maximum absolute atomic E-state index is 12.0. The second kappa shape index (κ2) is 5.82.